The van der Waals surface area contributed by atoms with Gasteiger partial charge >= 0.3 is 11.9 Å². The van der Waals surface area contributed by atoms with E-state index in [1.165, 1.54) is 6.07 Å². The minimum atomic E-state index is -1.20. The summed E-state index contributed by atoms with van der Waals surface area (Å²) in [6.07, 6.45) is -0.511. The van der Waals surface area contributed by atoms with Gasteiger partial charge in [0.05, 0.1) is 12.3 Å². The maximum atomic E-state index is 13.4. The monoisotopic (exact) mass is 315 g/mol. The average molecular weight is 315 g/mol. The number of aliphatic carboxylic acids is 1. The normalized spacial score (nSPS) is 14.3. The Morgan fingerprint density at radius 3 is 2.32 bits per heavy atom. The van der Waals surface area contributed by atoms with Crippen LogP contribution in [0.15, 0.2) is 18.2 Å². The number of carbonyl (C=O) groups is 2. The van der Waals surface area contributed by atoms with Gasteiger partial charge in [0.2, 0.25) is 0 Å². The average Bonchev–Trinajstić information content (AvgIpc) is 2.30. The third kappa shape index (κ3) is 5.07. The van der Waals surface area contributed by atoms with E-state index in [4.69, 9.17) is 15.6 Å². The van der Waals surface area contributed by atoms with Crippen molar-refractivity contribution in [2.24, 2.45) is 5.73 Å². The number of rotatable bonds is 5. The first-order chi connectivity index (χ1) is 10.0. The molecule has 0 saturated carbocycles. The predicted octanol–water partition coefficient (Wildman–Crippen LogP) is 2.19. The SMILES string of the molecule is CC(C)(C)OC(=O)[C@H](c1ccc(F)c(F)c1)[C@H](N)CC(=O)O. The second-order valence-corrected chi connectivity index (χ2v) is 5.95. The lowest BCUT2D eigenvalue weighted by molar-refractivity contribution is -0.157. The quantitative estimate of drug-likeness (QED) is 0.813. The molecule has 3 N–H and O–H groups in total. The first-order valence-corrected chi connectivity index (χ1v) is 6.66. The van der Waals surface area contributed by atoms with Crippen LogP contribution in [0.5, 0.6) is 0 Å². The van der Waals surface area contributed by atoms with Gasteiger partial charge in [-0.1, -0.05) is 6.07 Å². The summed E-state index contributed by atoms with van der Waals surface area (Å²) in [5.41, 5.74) is 5.01. The molecule has 5 nitrogen and oxygen atoms in total. The molecule has 0 aliphatic rings. The summed E-state index contributed by atoms with van der Waals surface area (Å²) in [5.74, 6) is -5.41. The highest BCUT2D eigenvalue weighted by atomic mass is 19.2. The Morgan fingerprint density at radius 2 is 1.86 bits per heavy atom. The van der Waals surface area contributed by atoms with Crippen molar-refractivity contribution in [1.82, 2.24) is 0 Å². The Hall–Kier alpha value is -2.02. The molecular formula is C15H19F2NO4. The maximum Gasteiger partial charge on any atom is 0.315 e. The number of carboxylic acid groups (broad SMARTS) is 1. The smallest absolute Gasteiger partial charge is 0.315 e. The molecule has 0 radical (unpaired) electrons. The molecule has 0 spiro atoms. The molecule has 0 heterocycles. The van der Waals surface area contributed by atoms with Crippen LogP contribution >= 0.6 is 0 Å². The van der Waals surface area contributed by atoms with Crippen molar-refractivity contribution in [2.45, 2.75) is 44.8 Å². The molecule has 0 aliphatic carbocycles. The van der Waals surface area contributed by atoms with Gasteiger partial charge in [0.1, 0.15) is 5.60 Å². The topological polar surface area (TPSA) is 89.6 Å². The van der Waals surface area contributed by atoms with Crippen molar-refractivity contribution in [3.63, 3.8) is 0 Å². The summed E-state index contributed by atoms with van der Waals surface area (Å²) in [6, 6.07) is 1.74. The predicted molar refractivity (Wildman–Crippen MR) is 75.2 cm³/mol. The molecule has 1 aromatic rings. The number of carboxylic acids is 1. The first kappa shape index (κ1) is 18.0. The number of ether oxygens (including phenoxy) is 1. The third-order valence-electron chi connectivity index (χ3n) is 2.80. The van der Waals surface area contributed by atoms with E-state index >= 15 is 0 Å². The molecule has 0 aromatic heterocycles. The Bertz CT molecular complexity index is 569. The number of halogens is 2. The van der Waals surface area contributed by atoms with Crippen LogP contribution in [-0.2, 0) is 14.3 Å². The zero-order valence-corrected chi connectivity index (χ0v) is 12.6. The summed E-state index contributed by atoms with van der Waals surface area (Å²) < 4.78 is 31.6. The molecule has 122 valence electrons. The van der Waals surface area contributed by atoms with Crippen molar-refractivity contribution in [3.05, 3.63) is 35.4 Å². The van der Waals surface area contributed by atoms with Crippen LogP contribution in [0.25, 0.3) is 0 Å². The highest BCUT2D eigenvalue weighted by Crippen LogP contribution is 2.26. The van der Waals surface area contributed by atoms with Gasteiger partial charge in [-0.3, -0.25) is 9.59 Å². The molecule has 2 atom stereocenters. The van der Waals surface area contributed by atoms with Gasteiger partial charge in [0.15, 0.2) is 11.6 Å². The molecule has 0 unspecified atom stereocenters. The zero-order valence-electron chi connectivity index (χ0n) is 12.6. The highest BCUT2D eigenvalue weighted by Gasteiger charge is 2.33. The van der Waals surface area contributed by atoms with E-state index in [1.54, 1.807) is 20.8 Å². The van der Waals surface area contributed by atoms with E-state index in [9.17, 15) is 18.4 Å². The number of hydrogen-bond donors (Lipinski definition) is 2. The summed E-state index contributed by atoms with van der Waals surface area (Å²) in [4.78, 5) is 23.1. The lowest BCUT2D eigenvalue weighted by atomic mass is 9.89. The van der Waals surface area contributed by atoms with Gasteiger partial charge in [-0.15, -0.1) is 0 Å². The van der Waals surface area contributed by atoms with E-state index in [2.05, 4.69) is 0 Å². The van der Waals surface area contributed by atoms with Crippen LogP contribution in [0.3, 0.4) is 0 Å². The Labute approximate surface area is 127 Å². The lowest BCUT2D eigenvalue weighted by Crippen LogP contribution is -2.39. The first-order valence-electron chi connectivity index (χ1n) is 6.66. The molecule has 0 aliphatic heterocycles. The molecule has 0 saturated heterocycles. The van der Waals surface area contributed by atoms with Gasteiger partial charge in [0, 0.05) is 6.04 Å². The molecule has 0 amide bonds. The summed E-state index contributed by atoms with van der Waals surface area (Å²) in [7, 11) is 0. The van der Waals surface area contributed by atoms with Crippen molar-refractivity contribution >= 4 is 11.9 Å². The molecule has 1 aromatic carbocycles. The zero-order chi connectivity index (χ0) is 17.1. The molecule has 0 fully saturated rings. The van der Waals surface area contributed by atoms with E-state index in [0.29, 0.717) is 0 Å². The van der Waals surface area contributed by atoms with Gasteiger partial charge in [-0.25, -0.2) is 8.78 Å². The molecule has 22 heavy (non-hydrogen) atoms. The van der Waals surface area contributed by atoms with Crippen LogP contribution < -0.4 is 5.73 Å². The lowest BCUT2D eigenvalue weighted by Gasteiger charge is -2.27. The number of carbonyl (C=O) groups excluding carboxylic acids is 1. The van der Waals surface area contributed by atoms with E-state index in [-0.39, 0.29) is 5.56 Å². The molecular weight excluding hydrogens is 296 g/mol. The molecule has 1 rings (SSSR count). The third-order valence-corrected chi connectivity index (χ3v) is 2.80. The van der Waals surface area contributed by atoms with Crippen molar-refractivity contribution in [1.29, 1.82) is 0 Å². The van der Waals surface area contributed by atoms with Gasteiger partial charge in [-0.05, 0) is 38.5 Å². The van der Waals surface area contributed by atoms with Crippen LogP contribution in [0.2, 0.25) is 0 Å². The Balaban J connectivity index is 3.17. The van der Waals surface area contributed by atoms with E-state index in [0.717, 1.165) is 12.1 Å². The van der Waals surface area contributed by atoms with E-state index < -0.39 is 47.6 Å². The Morgan fingerprint density at radius 1 is 1.27 bits per heavy atom. The van der Waals surface area contributed by atoms with Crippen LogP contribution in [-0.4, -0.2) is 28.7 Å². The number of esters is 1. The number of nitrogens with two attached hydrogens (primary N) is 1. The van der Waals surface area contributed by atoms with Gasteiger partial charge in [-0.2, -0.15) is 0 Å². The molecule has 0 bridgehead atoms. The van der Waals surface area contributed by atoms with Crippen LogP contribution in [0.4, 0.5) is 8.78 Å². The fourth-order valence-corrected chi connectivity index (χ4v) is 1.95. The minimum Gasteiger partial charge on any atom is -0.481 e. The molecule has 7 heteroatoms. The summed E-state index contributed by atoms with van der Waals surface area (Å²) >= 11 is 0. The summed E-state index contributed by atoms with van der Waals surface area (Å²) in [5, 5.41) is 8.83. The number of benzene rings is 1. The fourth-order valence-electron chi connectivity index (χ4n) is 1.95. The van der Waals surface area contributed by atoms with E-state index in [1.807, 2.05) is 0 Å². The van der Waals surface area contributed by atoms with Crippen LogP contribution in [0.1, 0.15) is 38.7 Å². The van der Waals surface area contributed by atoms with Crippen molar-refractivity contribution in [2.75, 3.05) is 0 Å². The minimum absolute atomic E-state index is 0.0712. The van der Waals surface area contributed by atoms with Crippen molar-refractivity contribution in [3.8, 4) is 0 Å². The summed E-state index contributed by atoms with van der Waals surface area (Å²) in [6.45, 7) is 4.90. The van der Waals surface area contributed by atoms with Crippen molar-refractivity contribution < 1.29 is 28.2 Å². The largest absolute Gasteiger partial charge is 0.481 e. The fraction of sp³-hybridized carbons (Fsp3) is 0.467. The number of hydrogen-bond acceptors (Lipinski definition) is 4. The second-order valence-electron chi connectivity index (χ2n) is 5.95. The Kier molecular flexibility index (Phi) is 5.59. The maximum absolute atomic E-state index is 13.4. The highest BCUT2D eigenvalue weighted by molar-refractivity contribution is 5.81. The van der Waals surface area contributed by atoms with Gasteiger partial charge < -0.3 is 15.6 Å². The standard InChI is InChI=1S/C15H19F2NO4/c1-15(2,3)22-14(21)13(11(18)7-12(19)20)8-4-5-9(16)10(17)6-8/h4-6,11,13H,7,18H2,1-3H3,(H,19,20)/t11-,13-/m1/s1. The van der Waals surface area contributed by atoms with Crippen LogP contribution in [0, 0.1) is 11.6 Å². The van der Waals surface area contributed by atoms with Gasteiger partial charge in [0.25, 0.3) is 0 Å². The second kappa shape index (κ2) is 6.83.